The fraction of sp³-hybridized carbons (Fsp3) is 0.125. The number of rotatable bonds is 3. The molecule has 0 radical (unpaired) electrons. The van der Waals surface area contributed by atoms with Crippen LogP contribution in [0.5, 0.6) is 0 Å². The fourth-order valence-corrected chi connectivity index (χ4v) is 2.67. The molecule has 98 valence electrons. The predicted octanol–water partition coefficient (Wildman–Crippen LogP) is 3.81. The highest BCUT2D eigenvalue weighted by atomic mass is 32.1. The zero-order chi connectivity index (χ0) is 13.9. The third-order valence-electron chi connectivity index (χ3n) is 3.40. The molecule has 0 aliphatic carbocycles. The van der Waals surface area contributed by atoms with Crippen molar-refractivity contribution in [1.82, 2.24) is 9.55 Å². The molecule has 0 atom stereocenters. The topological polar surface area (TPSA) is 44.5 Å². The molecule has 3 aromatic rings. The Hall–Kier alpha value is -2.38. The quantitative estimate of drug-likeness (QED) is 0.741. The van der Waals surface area contributed by atoms with Crippen LogP contribution in [0.15, 0.2) is 48.5 Å². The monoisotopic (exact) mass is 279 g/mol. The Kier molecular flexibility index (Phi) is 3.36. The second-order valence-corrected chi connectivity index (χ2v) is 5.02. The number of para-hydroxylation sites is 1. The number of hydrogen-bond acceptors (Lipinski definition) is 2. The van der Waals surface area contributed by atoms with Gasteiger partial charge in [-0.1, -0.05) is 36.4 Å². The van der Waals surface area contributed by atoms with Crippen molar-refractivity contribution in [2.75, 3.05) is 0 Å². The van der Waals surface area contributed by atoms with E-state index in [0.717, 1.165) is 24.0 Å². The summed E-state index contributed by atoms with van der Waals surface area (Å²) in [5, 5.41) is 9.13. The maximum absolute atomic E-state index is 9.13. The predicted molar refractivity (Wildman–Crippen MR) is 82.0 cm³/mol. The van der Waals surface area contributed by atoms with Gasteiger partial charge in [0.05, 0.1) is 16.6 Å². The Morgan fingerprint density at radius 2 is 1.90 bits per heavy atom. The van der Waals surface area contributed by atoms with Crippen molar-refractivity contribution in [1.29, 1.82) is 5.26 Å². The van der Waals surface area contributed by atoms with E-state index in [0.29, 0.717) is 10.3 Å². The van der Waals surface area contributed by atoms with Crippen molar-refractivity contribution < 1.29 is 0 Å². The number of H-pyrrole nitrogens is 1. The minimum absolute atomic E-state index is 0.632. The van der Waals surface area contributed by atoms with Gasteiger partial charge < -0.3 is 9.55 Å². The van der Waals surface area contributed by atoms with Gasteiger partial charge in [-0.2, -0.15) is 5.26 Å². The molecule has 20 heavy (non-hydrogen) atoms. The average Bonchev–Trinajstić information content (AvgIpc) is 2.81. The van der Waals surface area contributed by atoms with E-state index in [1.54, 1.807) is 6.07 Å². The second kappa shape index (κ2) is 5.32. The van der Waals surface area contributed by atoms with E-state index in [1.807, 2.05) is 30.3 Å². The van der Waals surface area contributed by atoms with Crippen LogP contribution in [0.3, 0.4) is 0 Å². The standard InChI is InChI=1S/C16H13N3S/c17-11-13-7-4-8-14-15(13)18-16(20)19(14)10-9-12-5-2-1-3-6-12/h1-8H,9-10H2,(H,18,20). The van der Waals surface area contributed by atoms with E-state index < -0.39 is 0 Å². The van der Waals surface area contributed by atoms with Crippen LogP contribution in [0.4, 0.5) is 0 Å². The third-order valence-corrected chi connectivity index (χ3v) is 3.72. The lowest BCUT2D eigenvalue weighted by Crippen LogP contribution is -2.01. The number of fused-ring (bicyclic) bond motifs is 1. The van der Waals surface area contributed by atoms with Crippen LogP contribution >= 0.6 is 12.2 Å². The summed E-state index contributed by atoms with van der Waals surface area (Å²) in [7, 11) is 0. The van der Waals surface area contributed by atoms with Gasteiger partial charge in [0.15, 0.2) is 4.77 Å². The van der Waals surface area contributed by atoms with Crippen LogP contribution in [0.25, 0.3) is 11.0 Å². The van der Waals surface area contributed by atoms with Crippen LogP contribution in [0.2, 0.25) is 0 Å². The molecule has 1 aromatic heterocycles. The zero-order valence-corrected chi connectivity index (χ0v) is 11.7. The van der Waals surface area contributed by atoms with Crippen molar-refractivity contribution in [3.05, 3.63) is 64.4 Å². The van der Waals surface area contributed by atoms with Crippen molar-refractivity contribution in [3.63, 3.8) is 0 Å². The van der Waals surface area contributed by atoms with Gasteiger partial charge in [-0.3, -0.25) is 0 Å². The maximum atomic E-state index is 9.13. The summed E-state index contributed by atoms with van der Waals surface area (Å²) in [5.74, 6) is 0. The molecule has 1 N–H and O–H groups in total. The van der Waals surface area contributed by atoms with Gasteiger partial charge in [-0.05, 0) is 36.3 Å². The van der Waals surface area contributed by atoms with Gasteiger partial charge in [0.25, 0.3) is 0 Å². The van der Waals surface area contributed by atoms with Gasteiger partial charge >= 0.3 is 0 Å². The Bertz CT molecular complexity index is 838. The van der Waals surface area contributed by atoms with E-state index in [9.17, 15) is 0 Å². The van der Waals surface area contributed by atoms with Crippen LogP contribution < -0.4 is 0 Å². The lowest BCUT2D eigenvalue weighted by molar-refractivity contribution is 0.706. The molecule has 0 aliphatic heterocycles. The van der Waals surface area contributed by atoms with Crippen LogP contribution in [-0.4, -0.2) is 9.55 Å². The number of nitrogens with zero attached hydrogens (tertiary/aromatic N) is 2. The number of imidazole rings is 1. The highest BCUT2D eigenvalue weighted by molar-refractivity contribution is 7.71. The number of aromatic nitrogens is 2. The van der Waals surface area contributed by atoms with E-state index in [2.05, 4.69) is 27.8 Å². The Morgan fingerprint density at radius 1 is 1.10 bits per heavy atom. The third kappa shape index (κ3) is 2.24. The largest absolute Gasteiger partial charge is 0.329 e. The minimum atomic E-state index is 0.632. The van der Waals surface area contributed by atoms with Gasteiger partial charge in [0.2, 0.25) is 0 Å². The molecule has 0 bridgehead atoms. The van der Waals surface area contributed by atoms with E-state index >= 15 is 0 Å². The summed E-state index contributed by atoms with van der Waals surface area (Å²) in [5.41, 5.74) is 3.73. The second-order valence-electron chi connectivity index (χ2n) is 4.63. The highest BCUT2D eigenvalue weighted by Gasteiger charge is 2.07. The first-order valence-corrected chi connectivity index (χ1v) is 6.86. The highest BCUT2D eigenvalue weighted by Crippen LogP contribution is 2.18. The molecule has 1 heterocycles. The lowest BCUT2D eigenvalue weighted by Gasteiger charge is -2.05. The molecular weight excluding hydrogens is 266 g/mol. The first-order chi connectivity index (χ1) is 9.79. The van der Waals surface area contributed by atoms with Crippen molar-refractivity contribution in [2.45, 2.75) is 13.0 Å². The summed E-state index contributed by atoms with van der Waals surface area (Å²) in [6, 6.07) is 18.2. The summed E-state index contributed by atoms with van der Waals surface area (Å²) in [4.78, 5) is 3.14. The van der Waals surface area contributed by atoms with Gasteiger partial charge in [-0.15, -0.1) is 0 Å². The number of nitrogens with one attached hydrogen (secondary N) is 1. The van der Waals surface area contributed by atoms with Crippen molar-refractivity contribution >= 4 is 23.3 Å². The van der Waals surface area contributed by atoms with Crippen LogP contribution in [0, 0.1) is 16.1 Å². The lowest BCUT2D eigenvalue weighted by atomic mass is 10.1. The minimum Gasteiger partial charge on any atom is -0.329 e. The first kappa shape index (κ1) is 12.6. The molecule has 0 amide bonds. The summed E-state index contributed by atoms with van der Waals surface area (Å²) in [6.45, 7) is 0.803. The van der Waals surface area contributed by atoms with Gasteiger partial charge in [0, 0.05) is 6.54 Å². The number of hydrogen-bond donors (Lipinski definition) is 1. The molecule has 3 nitrogen and oxygen atoms in total. The van der Waals surface area contributed by atoms with E-state index in [4.69, 9.17) is 17.5 Å². The SMILES string of the molecule is N#Cc1cccc2c1[nH]c(=S)n2CCc1ccccc1. The molecule has 3 rings (SSSR count). The maximum Gasteiger partial charge on any atom is 0.178 e. The van der Waals surface area contributed by atoms with Crippen LogP contribution in [0.1, 0.15) is 11.1 Å². The summed E-state index contributed by atoms with van der Waals surface area (Å²) in [6.07, 6.45) is 0.916. The van der Waals surface area contributed by atoms with E-state index in [1.165, 1.54) is 5.56 Å². The van der Waals surface area contributed by atoms with Gasteiger partial charge in [-0.25, -0.2) is 0 Å². The first-order valence-electron chi connectivity index (χ1n) is 6.45. The molecule has 0 spiro atoms. The molecule has 0 aliphatic rings. The molecule has 2 aromatic carbocycles. The van der Waals surface area contributed by atoms with Gasteiger partial charge in [0.1, 0.15) is 6.07 Å². The van der Waals surface area contributed by atoms with Crippen molar-refractivity contribution in [2.24, 2.45) is 0 Å². The molecule has 0 saturated carbocycles. The van der Waals surface area contributed by atoms with E-state index in [-0.39, 0.29) is 0 Å². The zero-order valence-electron chi connectivity index (χ0n) is 10.8. The number of aryl methyl sites for hydroxylation is 2. The molecule has 0 fully saturated rings. The molecule has 0 saturated heterocycles. The number of benzene rings is 2. The van der Waals surface area contributed by atoms with Crippen molar-refractivity contribution in [3.8, 4) is 6.07 Å². The molecule has 0 unspecified atom stereocenters. The smallest absolute Gasteiger partial charge is 0.178 e. The summed E-state index contributed by atoms with van der Waals surface area (Å²) < 4.78 is 2.72. The number of aromatic amines is 1. The molecule has 4 heteroatoms. The Labute approximate surface area is 122 Å². The summed E-state index contributed by atoms with van der Waals surface area (Å²) >= 11 is 5.37. The Balaban J connectivity index is 1.98. The van der Waals surface area contributed by atoms with Crippen LogP contribution in [-0.2, 0) is 13.0 Å². The Morgan fingerprint density at radius 3 is 2.65 bits per heavy atom. The average molecular weight is 279 g/mol. The normalized spacial score (nSPS) is 10.6. The molecular formula is C16H13N3S. The fourth-order valence-electron chi connectivity index (χ4n) is 2.38. The number of nitriles is 1.